The number of nitrogens with zero attached hydrogens (tertiary/aromatic N) is 2. The summed E-state index contributed by atoms with van der Waals surface area (Å²) in [4.78, 5) is 4.46. The highest BCUT2D eigenvalue weighted by molar-refractivity contribution is 14.1. The van der Waals surface area contributed by atoms with Crippen molar-refractivity contribution in [2.24, 2.45) is 0 Å². The molecule has 0 amide bonds. The number of benzene rings is 2. The predicted octanol–water partition coefficient (Wildman–Crippen LogP) is 3.83. The summed E-state index contributed by atoms with van der Waals surface area (Å²) in [5.74, 6) is 0.533. The monoisotopic (exact) mass is 363 g/mol. The summed E-state index contributed by atoms with van der Waals surface area (Å²) in [6.07, 6.45) is 0. The third kappa shape index (κ3) is 2.00. The fraction of sp³-hybridized carbons (Fsp3) is 0.133. The lowest BCUT2D eigenvalue weighted by molar-refractivity contribution is 1.08. The van der Waals surface area contributed by atoms with Crippen molar-refractivity contribution in [3.05, 3.63) is 51.1 Å². The minimum atomic E-state index is 0.533. The average Bonchev–Trinajstić information content (AvgIpc) is 2.68. The van der Waals surface area contributed by atoms with Crippen LogP contribution in [0.15, 0.2) is 36.4 Å². The van der Waals surface area contributed by atoms with E-state index in [1.165, 1.54) is 11.1 Å². The molecule has 0 saturated heterocycles. The molecule has 0 aliphatic carbocycles. The number of rotatable bonds is 1. The van der Waals surface area contributed by atoms with E-state index >= 15 is 0 Å². The fourth-order valence-corrected chi connectivity index (χ4v) is 2.78. The van der Waals surface area contributed by atoms with Crippen molar-refractivity contribution in [3.63, 3.8) is 0 Å². The van der Waals surface area contributed by atoms with E-state index < -0.39 is 0 Å². The van der Waals surface area contributed by atoms with Gasteiger partial charge in [0.05, 0.1) is 16.7 Å². The smallest absolute Gasteiger partial charge is 0.205 e. The molecule has 0 fully saturated rings. The van der Waals surface area contributed by atoms with Gasteiger partial charge in [0, 0.05) is 3.57 Å². The average molecular weight is 363 g/mol. The molecule has 2 N–H and O–H groups in total. The van der Waals surface area contributed by atoms with Crippen LogP contribution < -0.4 is 5.73 Å². The highest BCUT2D eigenvalue weighted by Gasteiger charge is 2.12. The summed E-state index contributed by atoms with van der Waals surface area (Å²) in [7, 11) is 0. The Bertz CT molecular complexity index is 774. The van der Waals surface area contributed by atoms with Gasteiger partial charge in [0.1, 0.15) is 0 Å². The van der Waals surface area contributed by atoms with Crippen molar-refractivity contribution in [1.29, 1.82) is 0 Å². The molecule has 1 aromatic heterocycles. The Labute approximate surface area is 125 Å². The summed E-state index contributed by atoms with van der Waals surface area (Å²) in [6, 6.07) is 12.4. The third-order valence-electron chi connectivity index (χ3n) is 3.46. The summed E-state index contributed by atoms with van der Waals surface area (Å²) in [5, 5.41) is 0. The second kappa shape index (κ2) is 4.52. The number of nitrogens with two attached hydrogens (primary N) is 1. The molecular formula is C15H14IN3. The molecule has 0 aliphatic rings. The molecule has 3 rings (SSSR count). The van der Waals surface area contributed by atoms with Crippen LogP contribution in [-0.2, 0) is 0 Å². The van der Waals surface area contributed by atoms with E-state index in [9.17, 15) is 0 Å². The van der Waals surface area contributed by atoms with Gasteiger partial charge in [-0.2, -0.15) is 0 Å². The second-order valence-corrected chi connectivity index (χ2v) is 5.90. The van der Waals surface area contributed by atoms with Gasteiger partial charge in [-0.15, -0.1) is 0 Å². The molecule has 1 heterocycles. The number of halogens is 1. The largest absolute Gasteiger partial charge is 0.369 e. The zero-order valence-corrected chi connectivity index (χ0v) is 13.0. The van der Waals surface area contributed by atoms with Gasteiger partial charge in [-0.3, -0.25) is 4.57 Å². The van der Waals surface area contributed by atoms with Crippen LogP contribution in [0.4, 0.5) is 5.95 Å². The second-order valence-electron chi connectivity index (χ2n) is 4.66. The van der Waals surface area contributed by atoms with E-state index in [1.54, 1.807) is 0 Å². The Kier molecular flexibility index (Phi) is 2.97. The number of anilines is 1. The van der Waals surface area contributed by atoms with Crippen LogP contribution in [0.5, 0.6) is 0 Å². The maximum Gasteiger partial charge on any atom is 0.205 e. The van der Waals surface area contributed by atoms with Crippen molar-refractivity contribution < 1.29 is 0 Å². The van der Waals surface area contributed by atoms with E-state index in [2.05, 4.69) is 71.8 Å². The Hall–Kier alpha value is -1.56. The molecule has 3 nitrogen and oxygen atoms in total. The zero-order chi connectivity index (χ0) is 13.6. The lowest BCUT2D eigenvalue weighted by Gasteiger charge is -2.11. The van der Waals surface area contributed by atoms with Gasteiger partial charge in [0.25, 0.3) is 0 Å². The highest BCUT2D eigenvalue weighted by Crippen LogP contribution is 2.27. The summed E-state index contributed by atoms with van der Waals surface area (Å²) in [5.41, 5.74) is 11.7. The minimum Gasteiger partial charge on any atom is -0.369 e. The summed E-state index contributed by atoms with van der Waals surface area (Å²) < 4.78 is 3.18. The van der Waals surface area contributed by atoms with E-state index in [0.717, 1.165) is 20.3 Å². The molecule has 96 valence electrons. The quantitative estimate of drug-likeness (QED) is 0.668. The fourth-order valence-electron chi connectivity index (χ4n) is 2.30. The number of hydrogen-bond donors (Lipinski definition) is 1. The van der Waals surface area contributed by atoms with Crippen molar-refractivity contribution in [2.75, 3.05) is 5.73 Å². The van der Waals surface area contributed by atoms with Gasteiger partial charge in [-0.1, -0.05) is 12.1 Å². The molecule has 0 saturated carbocycles. The summed E-state index contributed by atoms with van der Waals surface area (Å²) in [6.45, 7) is 4.22. The first-order valence-corrected chi connectivity index (χ1v) is 7.16. The van der Waals surface area contributed by atoms with Crippen molar-refractivity contribution >= 4 is 39.6 Å². The molecular weight excluding hydrogens is 349 g/mol. The lowest BCUT2D eigenvalue weighted by atomic mass is 10.1. The molecule has 0 bridgehead atoms. The van der Waals surface area contributed by atoms with E-state index in [0.29, 0.717) is 5.95 Å². The van der Waals surface area contributed by atoms with Crippen LogP contribution in [-0.4, -0.2) is 9.55 Å². The molecule has 0 spiro atoms. The van der Waals surface area contributed by atoms with Gasteiger partial charge in [0.2, 0.25) is 5.95 Å². The predicted molar refractivity (Wildman–Crippen MR) is 87.7 cm³/mol. The Morgan fingerprint density at radius 1 is 1.16 bits per heavy atom. The maximum absolute atomic E-state index is 6.10. The van der Waals surface area contributed by atoms with E-state index in [4.69, 9.17) is 5.73 Å². The van der Waals surface area contributed by atoms with Gasteiger partial charge >= 0.3 is 0 Å². The van der Waals surface area contributed by atoms with Crippen LogP contribution in [0.3, 0.4) is 0 Å². The number of imidazole rings is 1. The molecule has 0 unspecified atom stereocenters. The first-order valence-electron chi connectivity index (χ1n) is 6.08. The van der Waals surface area contributed by atoms with Crippen LogP contribution in [0.2, 0.25) is 0 Å². The first kappa shape index (κ1) is 12.5. The number of nitrogen functional groups attached to an aromatic ring is 1. The first-order chi connectivity index (χ1) is 9.08. The minimum absolute atomic E-state index is 0.533. The SMILES string of the molecule is Cc1cccc(-n2c(N)nc3cc(I)ccc32)c1C. The van der Waals surface area contributed by atoms with Crippen molar-refractivity contribution in [1.82, 2.24) is 9.55 Å². The third-order valence-corrected chi connectivity index (χ3v) is 4.13. The van der Waals surface area contributed by atoms with Gasteiger partial charge in [-0.05, 0) is 71.8 Å². The molecule has 0 radical (unpaired) electrons. The van der Waals surface area contributed by atoms with Gasteiger partial charge < -0.3 is 5.73 Å². The number of aromatic nitrogens is 2. The molecule has 19 heavy (non-hydrogen) atoms. The van der Waals surface area contributed by atoms with Crippen molar-refractivity contribution in [3.8, 4) is 5.69 Å². The van der Waals surface area contributed by atoms with Crippen LogP contribution in [0.1, 0.15) is 11.1 Å². The highest BCUT2D eigenvalue weighted by atomic mass is 127. The standard InChI is InChI=1S/C15H14IN3/c1-9-4-3-5-13(10(9)2)19-14-7-6-11(16)8-12(14)18-15(19)17/h3-8H,1-2H3,(H2,17,18). The molecule has 3 aromatic rings. The number of aryl methyl sites for hydroxylation is 1. The number of fused-ring (bicyclic) bond motifs is 1. The number of hydrogen-bond acceptors (Lipinski definition) is 2. The lowest BCUT2D eigenvalue weighted by Crippen LogP contribution is -2.03. The molecule has 0 aliphatic heterocycles. The van der Waals surface area contributed by atoms with Crippen LogP contribution in [0, 0.1) is 17.4 Å². The molecule has 0 atom stereocenters. The maximum atomic E-state index is 6.10. The zero-order valence-electron chi connectivity index (χ0n) is 10.8. The van der Waals surface area contributed by atoms with Crippen LogP contribution >= 0.6 is 22.6 Å². The van der Waals surface area contributed by atoms with Crippen LogP contribution in [0.25, 0.3) is 16.7 Å². The molecule has 2 aromatic carbocycles. The molecule has 4 heteroatoms. The summed E-state index contributed by atoms with van der Waals surface area (Å²) >= 11 is 2.29. The topological polar surface area (TPSA) is 43.8 Å². The van der Waals surface area contributed by atoms with Gasteiger partial charge in [0.15, 0.2) is 0 Å². The van der Waals surface area contributed by atoms with Crippen molar-refractivity contribution in [2.45, 2.75) is 13.8 Å². The normalized spacial score (nSPS) is 11.1. The Morgan fingerprint density at radius 3 is 2.74 bits per heavy atom. The Balaban J connectivity index is 2.36. The van der Waals surface area contributed by atoms with Gasteiger partial charge in [-0.25, -0.2) is 4.98 Å². The Morgan fingerprint density at radius 2 is 1.95 bits per heavy atom. The van der Waals surface area contributed by atoms with E-state index in [1.807, 2.05) is 10.6 Å². The van der Waals surface area contributed by atoms with E-state index in [-0.39, 0.29) is 0 Å².